The van der Waals surface area contributed by atoms with Gasteiger partial charge in [0.2, 0.25) is 29.5 Å². The van der Waals surface area contributed by atoms with Crippen LogP contribution in [0.15, 0.2) is 54.6 Å². The van der Waals surface area contributed by atoms with Gasteiger partial charge in [-0.25, -0.2) is 4.79 Å². The van der Waals surface area contributed by atoms with Crippen LogP contribution in [0.5, 0.6) is 5.75 Å². The van der Waals surface area contributed by atoms with Crippen molar-refractivity contribution in [2.75, 3.05) is 0 Å². The van der Waals surface area contributed by atoms with E-state index in [-0.39, 0.29) is 43.9 Å². The molecule has 14 nitrogen and oxygen atoms in total. The summed E-state index contributed by atoms with van der Waals surface area (Å²) in [4.78, 5) is 77.6. The summed E-state index contributed by atoms with van der Waals surface area (Å²) >= 11 is 0. The number of nitrogens with one attached hydrogen (secondary N) is 4. The maximum absolute atomic E-state index is 14.0. The molecule has 0 aliphatic carbocycles. The molecule has 0 aromatic heterocycles. The van der Waals surface area contributed by atoms with Gasteiger partial charge < -0.3 is 42.2 Å². The molecular formula is C38H56N6O8. The number of ether oxygens (including phenoxy) is 2. The van der Waals surface area contributed by atoms with Gasteiger partial charge in [0, 0.05) is 12.8 Å². The molecule has 0 bridgehead atoms. The van der Waals surface area contributed by atoms with E-state index in [1.807, 2.05) is 58.0 Å². The third-order valence-corrected chi connectivity index (χ3v) is 7.64. The number of hydrogen-bond donors (Lipinski definition) is 6. The number of carbonyl (C=O) groups excluding carboxylic acids is 6. The molecule has 0 heterocycles. The molecule has 0 fully saturated rings. The Balaban J connectivity index is 2.38. The van der Waals surface area contributed by atoms with E-state index in [2.05, 4.69) is 21.3 Å². The van der Waals surface area contributed by atoms with E-state index in [0.717, 1.165) is 5.56 Å². The lowest BCUT2D eigenvalue weighted by Gasteiger charge is -2.27. The lowest BCUT2D eigenvalue weighted by molar-refractivity contribution is -0.134. The molecule has 0 aliphatic rings. The fourth-order valence-electron chi connectivity index (χ4n) is 5.15. The molecule has 2 rings (SSSR count). The second kappa shape index (κ2) is 20.6. The molecule has 0 radical (unpaired) electrons. The summed E-state index contributed by atoms with van der Waals surface area (Å²) < 4.78 is 11.3. The lowest BCUT2D eigenvalue weighted by atomic mass is 10.00. The van der Waals surface area contributed by atoms with Crippen LogP contribution in [-0.4, -0.2) is 65.4 Å². The van der Waals surface area contributed by atoms with Gasteiger partial charge in [-0.2, -0.15) is 0 Å². The van der Waals surface area contributed by atoms with Gasteiger partial charge in [0.05, 0.1) is 0 Å². The first-order chi connectivity index (χ1) is 24.3. The Hall–Kier alpha value is -5.14. The van der Waals surface area contributed by atoms with Gasteiger partial charge in [0.15, 0.2) is 0 Å². The van der Waals surface area contributed by atoms with Crippen LogP contribution in [0.3, 0.4) is 0 Å². The maximum Gasteiger partial charge on any atom is 0.408 e. The third kappa shape index (κ3) is 16.7. The molecule has 2 aromatic rings. The fourth-order valence-corrected chi connectivity index (χ4v) is 5.15. The minimum absolute atomic E-state index is 0.0132. The largest absolute Gasteiger partial charge is 0.489 e. The second-order valence-electron chi connectivity index (χ2n) is 14.7. The van der Waals surface area contributed by atoms with Gasteiger partial charge in [0.1, 0.15) is 42.1 Å². The van der Waals surface area contributed by atoms with Crippen molar-refractivity contribution >= 4 is 35.6 Å². The Morgan fingerprint density at radius 1 is 0.654 bits per heavy atom. The Labute approximate surface area is 306 Å². The highest BCUT2D eigenvalue weighted by atomic mass is 16.6. The van der Waals surface area contributed by atoms with Crippen LogP contribution in [0, 0.1) is 11.8 Å². The Morgan fingerprint density at radius 2 is 1.17 bits per heavy atom. The first kappa shape index (κ1) is 43.0. The van der Waals surface area contributed by atoms with Crippen LogP contribution in [0.4, 0.5) is 4.79 Å². The fraction of sp³-hybridized carbons (Fsp3) is 0.526. The highest BCUT2D eigenvalue weighted by molar-refractivity contribution is 5.95. The van der Waals surface area contributed by atoms with Crippen molar-refractivity contribution in [2.24, 2.45) is 23.3 Å². The highest BCUT2D eigenvalue weighted by Crippen LogP contribution is 2.17. The Bertz CT molecular complexity index is 1490. The highest BCUT2D eigenvalue weighted by Gasteiger charge is 2.32. The quantitative estimate of drug-likeness (QED) is 0.119. The van der Waals surface area contributed by atoms with Crippen molar-refractivity contribution in [1.82, 2.24) is 21.3 Å². The molecule has 4 atom stereocenters. The van der Waals surface area contributed by atoms with Crippen LogP contribution >= 0.6 is 0 Å². The average molecular weight is 725 g/mol. The van der Waals surface area contributed by atoms with Crippen LogP contribution in [-0.2, 0) is 41.7 Å². The molecule has 52 heavy (non-hydrogen) atoms. The molecule has 8 N–H and O–H groups in total. The van der Waals surface area contributed by atoms with E-state index < -0.39 is 65.4 Å². The van der Waals surface area contributed by atoms with Crippen molar-refractivity contribution in [3.05, 3.63) is 65.7 Å². The minimum Gasteiger partial charge on any atom is -0.489 e. The molecule has 0 unspecified atom stereocenters. The average Bonchev–Trinajstić information content (AvgIpc) is 3.04. The minimum atomic E-state index is -1.30. The summed E-state index contributed by atoms with van der Waals surface area (Å²) in [5.74, 6) is -3.01. The van der Waals surface area contributed by atoms with E-state index in [4.69, 9.17) is 20.9 Å². The Kier molecular flexibility index (Phi) is 17.1. The van der Waals surface area contributed by atoms with Crippen LogP contribution < -0.4 is 37.5 Å². The van der Waals surface area contributed by atoms with Crippen molar-refractivity contribution in [2.45, 2.75) is 117 Å². The molecule has 286 valence electrons. The number of rotatable bonds is 20. The number of alkyl carbamates (subject to hydrolysis) is 1. The molecular weight excluding hydrogens is 668 g/mol. The molecule has 0 saturated heterocycles. The van der Waals surface area contributed by atoms with Gasteiger partial charge in [-0.05, 0) is 75.1 Å². The number of primary amides is 2. The van der Waals surface area contributed by atoms with E-state index in [1.54, 1.807) is 45.0 Å². The monoisotopic (exact) mass is 724 g/mol. The Morgan fingerprint density at radius 3 is 1.71 bits per heavy atom. The van der Waals surface area contributed by atoms with Crippen molar-refractivity contribution in [1.29, 1.82) is 0 Å². The summed E-state index contributed by atoms with van der Waals surface area (Å²) in [5.41, 5.74) is 11.7. The first-order valence-corrected chi connectivity index (χ1v) is 17.6. The summed E-state index contributed by atoms with van der Waals surface area (Å²) in [6.45, 7) is 12.9. The number of nitrogens with two attached hydrogens (primary N) is 2. The van der Waals surface area contributed by atoms with E-state index in [9.17, 15) is 28.8 Å². The molecule has 0 saturated carbocycles. The molecule has 6 amide bonds. The maximum atomic E-state index is 14.0. The van der Waals surface area contributed by atoms with Crippen LogP contribution in [0.2, 0.25) is 0 Å². The van der Waals surface area contributed by atoms with Gasteiger partial charge in [0.25, 0.3) is 0 Å². The topological polar surface area (TPSA) is 221 Å². The lowest BCUT2D eigenvalue weighted by Crippen LogP contribution is -2.59. The molecule has 14 heteroatoms. The van der Waals surface area contributed by atoms with E-state index in [0.29, 0.717) is 17.9 Å². The first-order valence-electron chi connectivity index (χ1n) is 17.6. The van der Waals surface area contributed by atoms with Gasteiger partial charge in [-0.3, -0.25) is 24.0 Å². The van der Waals surface area contributed by atoms with E-state index in [1.165, 1.54) is 0 Å². The van der Waals surface area contributed by atoms with Crippen LogP contribution in [0.1, 0.15) is 85.3 Å². The zero-order valence-corrected chi connectivity index (χ0v) is 31.3. The zero-order valence-electron chi connectivity index (χ0n) is 31.3. The molecule has 2 aromatic carbocycles. The van der Waals surface area contributed by atoms with Gasteiger partial charge in [-0.15, -0.1) is 0 Å². The summed E-state index contributed by atoms with van der Waals surface area (Å²) in [6.07, 6.45) is -0.747. The van der Waals surface area contributed by atoms with Crippen molar-refractivity contribution < 1.29 is 38.2 Å². The number of hydrogen-bond acceptors (Lipinski definition) is 8. The number of amides is 6. The van der Waals surface area contributed by atoms with Crippen molar-refractivity contribution in [3.8, 4) is 5.75 Å². The van der Waals surface area contributed by atoms with Gasteiger partial charge >= 0.3 is 6.09 Å². The summed E-state index contributed by atoms with van der Waals surface area (Å²) in [7, 11) is 0. The molecule has 0 aliphatic heterocycles. The second-order valence-corrected chi connectivity index (χ2v) is 14.7. The normalized spacial score (nSPS) is 13.6. The summed E-state index contributed by atoms with van der Waals surface area (Å²) in [5, 5.41) is 10.6. The van der Waals surface area contributed by atoms with Crippen LogP contribution in [0.25, 0.3) is 0 Å². The number of carbonyl (C=O) groups is 6. The number of benzene rings is 2. The standard InChI is InChI=1S/C38H56N6O8/c1-23(2)19-29(33(40)46)42-34(47)28(17-18-32(39)45)41-36(49)31(43-35(48)30(20-24(3)4)44-37(50)52-38(5,6)7)21-25-13-15-27(16-14-25)51-22-26-11-9-8-10-12-26/h8-16,23-24,28-31H,17-22H2,1-7H3,(H2,39,45)(H2,40,46)(H,41,49)(H,42,47)(H,43,48)(H,44,50)/t28-,29-,30+,31+/m0/s1. The predicted octanol–water partition coefficient (Wildman–Crippen LogP) is 3.00. The SMILES string of the molecule is CC(C)C[C@H](NC(=O)[C@H](CCC(N)=O)NC(=O)[C@@H](Cc1ccc(OCc2ccccc2)cc1)NC(=O)[C@@H](CC(C)C)NC(=O)OC(C)(C)C)C(N)=O. The molecule has 0 spiro atoms. The van der Waals surface area contributed by atoms with Gasteiger partial charge in [-0.1, -0.05) is 70.2 Å². The zero-order chi connectivity index (χ0) is 39.0. The van der Waals surface area contributed by atoms with E-state index >= 15 is 0 Å². The van der Waals surface area contributed by atoms with Crippen molar-refractivity contribution in [3.63, 3.8) is 0 Å². The smallest absolute Gasteiger partial charge is 0.408 e. The summed E-state index contributed by atoms with van der Waals surface area (Å²) in [6, 6.07) is 12.0. The third-order valence-electron chi connectivity index (χ3n) is 7.64. The predicted molar refractivity (Wildman–Crippen MR) is 196 cm³/mol.